The van der Waals surface area contributed by atoms with Crippen LogP contribution in [0.5, 0.6) is 6.01 Å². The molecular formula is C39H48F4N6O6S. The second-order valence-corrected chi connectivity index (χ2v) is 18.5. The molecule has 2 aliphatic carbocycles. The number of amides is 3. The van der Waals surface area contributed by atoms with Gasteiger partial charge in [0.15, 0.2) is 0 Å². The Morgan fingerprint density at radius 2 is 1.73 bits per heavy atom. The third-order valence-corrected chi connectivity index (χ3v) is 14.0. The summed E-state index contributed by atoms with van der Waals surface area (Å²) in [6.07, 6.45) is -0.381. The van der Waals surface area contributed by atoms with E-state index in [9.17, 15) is 40.4 Å². The monoisotopic (exact) mass is 804 g/mol. The van der Waals surface area contributed by atoms with Gasteiger partial charge in [0.05, 0.1) is 27.9 Å². The number of fused-ring (bicyclic) bond motifs is 3. The Hall–Kier alpha value is -4.41. The molecule has 304 valence electrons. The summed E-state index contributed by atoms with van der Waals surface area (Å²) >= 11 is 0. The number of nitrogens with zero attached hydrogens (tertiary/aromatic N) is 3. The summed E-state index contributed by atoms with van der Waals surface area (Å²) in [4.78, 5) is 49.0. The standard InChI is InChI=1S/C39H48F4N6O6S/c1-23(2)49-31-14-10-9-12-29(31)45-36(49)55-28-20-32-33(50)46-38(35(52)47-56(53,54)37(3)15-16-37)21-24(38)11-7-5-4-6-8-13-30(34(51)48(32)22-28)44-27-18-25(39(41,42)43)17-26(40)19-27/h9-10,12,14,17-19,23-24,28,30,32,44H,4-8,11,13,15-16,20-22H2,1-3H3,(H,46,50)(H,47,52)/t24-,28-,30+,32+,38-/m1/s1. The molecule has 2 saturated heterocycles. The van der Waals surface area contributed by atoms with Gasteiger partial charge in [-0.1, -0.05) is 44.2 Å². The van der Waals surface area contributed by atoms with Gasteiger partial charge in [-0.15, -0.1) is 0 Å². The zero-order chi connectivity index (χ0) is 40.2. The second kappa shape index (κ2) is 14.8. The van der Waals surface area contributed by atoms with Crippen LogP contribution in [0.25, 0.3) is 11.0 Å². The van der Waals surface area contributed by atoms with Gasteiger partial charge in [0.1, 0.15) is 29.5 Å². The number of hydrogen-bond donors (Lipinski definition) is 3. The fourth-order valence-electron chi connectivity index (χ4n) is 8.14. The number of halogens is 4. The van der Waals surface area contributed by atoms with Gasteiger partial charge in [0, 0.05) is 18.2 Å². The van der Waals surface area contributed by atoms with Crippen LogP contribution in [0.15, 0.2) is 42.5 Å². The van der Waals surface area contributed by atoms with Gasteiger partial charge in [-0.3, -0.25) is 23.7 Å². The first-order valence-corrected chi connectivity index (χ1v) is 20.9. The molecule has 0 bridgehead atoms. The van der Waals surface area contributed by atoms with Gasteiger partial charge >= 0.3 is 6.18 Å². The third kappa shape index (κ3) is 7.92. The lowest BCUT2D eigenvalue weighted by Crippen LogP contribution is -2.58. The zero-order valence-electron chi connectivity index (χ0n) is 31.6. The van der Waals surface area contributed by atoms with Crippen molar-refractivity contribution >= 4 is 44.5 Å². The van der Waals surface area contributed by atoms with Gasteiger partial charge in [-0.05, 0) is 89.1 Å². The first kappa shape index (κ1) is 39.8. The Kier molecular flexibility index (Phi) is 10.5. The molecule has 3 N–H and O–H groups in total. The Balaban J connectivity index is 1.22. The van der Waals surface area contributed by atoms with Gasteiger partial charge < -0.3 is 20.3 Å². The van der Waals surface area contributed by atoms with Crippen LogP contribution in [-0.4, -0.2) is 75.6 Å². The zero-order valence-corrected chi connectivity index (χ0v) is 32.4. The molecule has 12 nitrogen and oxygen atoms in total. The predicted molar refractivity (Wildman–Crippen MR) is 199 cm³/mol. The van der Waals surface area contributed by atoms with Crippen molar-refractivity contribution in [3.8, 4) is 6.01 Å². The molecule has 3 heterocycles. The molecule has 56 heavy (non-hydrogen) atoms. The topological polar surface area (TPSA) is 152 Å². The third-order valence-electron chi connectivity index (χ3n) is 11.8. The summed E-state index contributed by atoms with van der Waals surface area (Å²) in [5.74, 6) is -3.57. The summed E-state index contributed by atoms with van der Waals surface area (Å²) in [5.41, 5.74) is -1.47. The first-order chi connectivity index (χ1) is 26.4. The maximum absolute atomic E-state index is 14.6. The van der Waals surface area contributed by atoms with Crippen molar-refractivity contribution in [2.45, 2.75) is 132 Å². The Bertz CT molecular complexity index is 2120. The molecule has 2 aliphatic heterocycles. The van der Waals surface area contributed by atoms with E-state index in [1.54, 1.807) is 6.92 Å². The summed E-state index contributed by atoms with van der Waals surface area (Å²) in [6.45, 7) is 5.38. The van der Waals surface area contributed by atoms with Crippen molar-refractivity contribution in [3.05, 3.63) is 53.8 Å². The average Bonchev–Trinajstić information content (AvgIpc) is 3.94. The molecule has 4 fully saturated rings. The molecule has 5 atom stereocenters. The maximum Gasteiger partial charge on any atom is 0.416 e. The molecule has 3 amide bonds. The number of anilines is 1. The van der Waals surface area contributed by atoms with Crippen molar-refractivity contribution in [1.29, 1.82) is 0 Å². The number of alkyl halides is 3. The van der Waals surface area contributed by atoms with Crippen molar-refractivity contribution in [2.24, 2.45) is 5.92 Å². The summed E-state index contributed by atoms with van der Waals surface area (Å²) in [5, 5.41) is 5.72. The second-order valence-electron chi connectivity index (χ2n) is 16.3. The van der Waals surface area contributed by atoms with E-state index < -0.39 is 73.8 Å². The molecular weight excluding hydrogens is 757 g/mol. The van der Waals surface area contributed by atoms with Gasteiger partial charge in [0.25, 0.3) is 11.9 Å². The minimum Gasteiger partial charge on any atom is -0.459 e. The molecule has 2 aromatic carbocycles. The SMILES string of the molecule is CC(C)n1c(O[C@@H]2C[C@H]3C(=O)N[C@]4(C(=O)NS(=O)(=O)C5(C)CC5)C[C@H]4CCCCCCC[C@H](Nc4cc(F)cc(C(F)(F)F)c4)C(=O)N3C2)nc2ccccc21. The van der Waals surface area contributed by atoms with E-state index in [2.05, 4.69) is 20.3 Å². The normalized spacial score (nSPS) is 27.1. The number of imidazole rings is 1. The smallest absolute Gasteiger partial charge is 0.416 e. The van der Waals surface area contributed by atoms with E-state index >= 15 is 0 Å². The number of carbonyl (C=O) groups is 3. The van der Waals surface area contributed by atoms with Crippen molar-refractivity contribution < 1.29 is 45.1 Å². The number of para-hydroxylation sites is 2. The molecule has 1 aromatic heterocycles. The van der Waals surface area contributed by atoms with E-state index in [1.807, 2.05) is 42.7 Å². The highest BCUT2D eigenvalue weighted by Gasteiger charge is 2.63. The Morgan fingerprint density at radius 1 is 1.04 bits per heavy atom. The number of rotatable bonds is 8. The number of sulfonamides is 1. The van der Waals surface area contributed by atoms with Gasteiger partial charge in [-0.25, -0.2) is 12.8 Å². The van der Waals surface area contributed by atoms with E-state index in [1.165, 1.54) is 4.90 Å². The van der Waals surface area contributed by atoms with Crippen LogP contribution in [0.3, 0.4) is 0 Å². The van der Waals surface area contributed by atoms with Crippen LogP contribution in [0, 0.1) is 11.7 Å². The maximum atomic E-state index is 14.6. The highest BCUT2D eigenvalue weighted by atomic mass is 32.2. The van der Waals surface area contributed by atoms with Crippen LogP contribution in [0.2, 0.25) is 0 Å². The van der Waals surface area contributed by atoms with Crippen LogP contribution < -0.4 is 20.1 Å². The van der Waals surface area contributed by atoms with Crippen molar-refractivity contribution in [2.75, 3.05) is 11.9 Å². The molecule has 3 aromatic rings. The van der Waals surface area contributed by atoms with E-state index in [0.717, 1.165) is 30.5 Å². The van der Waals surface area contributed by atoms with E-state index in [4.69, 9.17) is 4.74 Å². The Morgan fingerprint density at radius 3 is 2.43 bits per heavy atom. The summed E-state index contributed by atoms with van der Waals surface area (Å²) in [7, 11) is -4.02. The fourth-order valence-corrected chi connectivity index (χ4v) is 9.46. The molecule has 17 heteroatoms. The molecule has 0 unspecified atom stereocenters. The molecule has 7 rings (SSSR count). The number of aromatic nitrogens is 2. The number of nitrogens with one attached hydrogen (secondary N) is 3. The van der Waals surface area contributed by atoms with Crippen molar-refractivity contribution in [3.63, 3.8) is 0 Å². The molecule has 4 aliphatic rings. The minimum atomic E-state index is -4.84. The highest BCUT2D eigenvalue weighted by Crippen LogP contribution is 2.49. The van der Waals surface area contributed by atoms with E-state index in [-0.39, 0.29) is 49.5 Å². The number of ether oxygens (including phenoxy) is 1. The molecule has 0 radical (unpaired) electrons. The number of carbonyl (C=O) groups excluding carboxylic acids is 3. The highest BCUT2D eigenvalue weighted by molar-refractivity contribution is 7.91. The summed E-state index contributed by atoms with van der Waals surface area (Å²) < 4.78 is 91.4. The lowest BCUT2D eigenvalue weighted by atomic mass is 10.0. The Labute approximate surface area is 323 Å². The van der Waals surface area contributed by atoms with Crippen LogP contribution in [-0.2, 0) is 30.6 Å². The first-order valence-electron chi connectivity index (χ1n) is 19.4. The number of benzene rings is 2. The minimum absolute atomic E-state index is 0.0253. The average molecular weight is 805 g/mol. The fraction of sp³-hybridized carbons (Fsp3) is 0.590. The van der Waals surface area contributed by atoms with Gasteiger partial charge in [0.2, 0.25) is 21.8 Å². The van der Waals surface area contributed by atoms with Crippen LogP contribution >= 0.6 is 0 Å². The lowest BCUT2D eigenvalue weighted by molar-refractivity contribution is -0.140. The van der Waals surface area contributed by atoms with Crippen molar-refractivity contribution in [1.82, 2.24) is 24.5 Å². The summed E-state index contributed by atoms with van der Waals surface area (Å²) in [6, 6.07) is 7.31. The van der Waals surface area contributed by atoms with Crippen LogP contribution in [0.1, 0.15) is 103 Å². The molecule has 0 spiro atoms. The predicted octanol–water partition coefficient (Wildman–Crippen LogP) is 6.22. The lowest BCUT2D eigenvalue weighted by Gasteiger charge is -2.30. The van der Waals surface area contributed by atoms with E-state index in [0.29, 0.717) is 50.1 Å². The van der Waals surface area contributed by atoms with Crippen LogP contribution in [0.4, 0.5) is 23.2 Å². The number of hydrogen-bond acceptors (Lipinski definition) is 8. The molecule has 2 saturated carbocycles. The van der Waals surface area contributed by atoms with Gasteiger partial charge in [-0.2, -0.15) is 18.2 Å². The largest absolute Gasteiger partial charge is 0.459 e. The quantitative estimate of drug-likeness (QED) is 0.227.